The number of fused-ring (bicyclic) bond motifs is 1. The number of carbonyl (C=O) groups excluding carboxylic acids is 2. The topological polar surface area (TPSA) is 43.4 Å². The molecule has 1 aliphatic rings. The van der Waals surface area contributed by atoms with E-state index in [4.69, 9.17) is 4.74 Å². The molecule has 0 atom stereocenters. The Bertz CT molecular complexity index is 532. The highest BCUT2D eigenvalue weighted by Crippen LogP contribution is 2.34. The molecule has 0 amide bonds. The van der Waals surface area contributed by atoms with Crippen molar-refractivity contribution in [1.29, 1.82) is 0 Å². The Balaban J connectivity index is 2.67. The van der Waals surface area contributed by atoms with Crippen molar-refractivity contribution in [3.63, 3.8) is 0 Å². The van der Waals surface area contributed by atoms with Gasteiger partial charge in [0.25, 0.3) is 0 Å². The number of carbonyl (C=O) groups is 2. The Kier molecular flexibility index (Phi) is 2.99. The molecule has 0 aromatic heterocycles. The van der Waals surface area contributed by atoms with E-state index >= 15 is 0 Å². The van der Waals surface area contributed by atoms with Gasteiger partial charge in [0.1, 0.15) is 5.75 Å². The largest absolute Gasteiger partial charge is 0.497 e. The number of ketones is 2. The van der Waals surface area contributed by atoms with E-state index < -0.39 is 0 Å². The molecule has 0 heterocycles. The third-order valence-corrected chi connectivity index (χ3v) is 4.35. The van der Waals surface area contributed by atoms with Crippen LogP contribution in [0.4, 0.5) is 0 Å². The molecule has 2 rings (SSSR count). The van der Waals surface area contributed by atoms with Crippen LogP contribution >= 0.6 is 31.9 Å². The van der Waals surface area contributed by atoms with Gasteiger partial charge in [0.05, 0.1) is 16.1 Å². The summed E-state index contributed by atoms with van der Waals surface area (Å²) in [5, 5.41) is 0. The first-order chi connectivity index (χ1) is 7.56. The minimum absolute atomic E-state index is 0.205. The van der Waals surface area contributed by atoms with Crippen LogP contribution in [0, 0.1) is 0 Å². The summed E-state index contributed by atoms with van der Waals surface area (Å²) in [6.45, 7) is 0. The molecule has 1 aromatic carbocycles. The van der Waals surface area contributed by atoms with E-state index in [-0.39, 0.29) is 20.5 Å². The van der Waals surface area contributed by atoms with Gasteiger partial charge in [-0.3, -0.25) is 9.59 Å². The molecule has 0 radical (unpaired) electrons. The monoisotopic (exact) mass is 344 g/mol. The molecular formula is C11H6Br2O3. The van der Waals surface area contributed by atoms with Gasteiger partial charge in [0.2, 0.25) is 11.6 Å². The third-order valence-electron chi connectivity index (χ3n) is 2.31. The number of benzene rings is 1. The van der Waals surface area contributed by atoms with E-state index in [1.54, 1.807) is 18.2 Å². The second kappa shape index (κ2) is 4.14. The van der Waals surface area contributed by atoms with Crippen molar-refractivity contribution < 1.29 is 14.3 Å². The van der Waals surface area contributed by atoms with E-state index in [2.05, 4.69) is 31.9 Å². The second-order valence-corrected chi connectivity index (χ2v) is 4.78. The third kappa shape index (κ3) is 1.64. The summed E-state index contributed by atoms with van der Waals surface area (Å²) < 4.78 is 5.53. The number of hydrogen-bond donors (Lipinski definition) is 0. The van der Waals surface area contributed by atoms with Gasteiger partial charge in [-0.1, -0.05) is 0 Å². The zero-order chi connectivity index (χ0) is 11.9. The molecule has 0 N–H and O–H groups in total. The quantitative estimate of drug-likeness (QED) is 0.785. The van der Waals surface area contributed by atoms with Crippen molar-refractivity contribution in [2.24, 2.45) is 0 Å². The maximum atomic E-state index is 11.9. The second-order valence-electron chi connectivity index (χ2n) is 3.20. The first-order valence-corrected chi connectivity index (χ1v) is 5.97. The Hall–Kier alpha value is -0.940. The van der Waals surface area contributed by atoms with Crippen molar-refractivity contribution in [2.75, 3.05) is 7.11 Å². The minimum Gasteiger partial charge on any atom is -0.497 e. The number of Topliss-reactive ketones (excluding diaryl/α,β-unsaturated/α-hetero) is 2. The van der Waals surface area contributed by atoms with Crippen molar-refractivity contribution >= 4 is 43.4 Å². The summed E-state index contributed by atoms with van der Waals surface area (Å²) in [5.74, 6) is 0.128. The highest BCUT2D eigenvalue weighted by molar-refractivity contribution is 9.14. The number of hydrogen-bond acceptors (Lipinski definition) is 3. The lowest BCUT2D eigenvalue weighted by Gasteiger charge is -2.15. The van der Waals surface area contributed by atoms with Crippen LogP contribution in [0.5, 0.6) is 5.75 Å². The zero-order valence-electron chi connectivity index (χ0n) is 8.21. The maximum absolute atomic E-state index is 11.9. The first-order valence-electron chi connectivity index (χ1n) is 4.39. The lowest BCUT2D eigenvalue weighted by molar-refractivity contribution is 0.0989. The smallest absolute Gasteiger partial charge is 0.202 e. The molecule has 1 aliphatic carbocycles. The van der Waals surface area contributed by atoms with E-state index in [0.717, 1.165) is 0 Å². The Morgan fingerprint density at radius 3 is 2.12 bits per heavy atom. The average molecular weight is 346 g/mol. The molecule has 0 aliphatic heterocycles. The van der Waals surface area contributed by atoms with Crippen LogP contribution in [0.3, 0.4) is 0 Å². The van der Waals surface area contributed by atoms with Crippen LogP contribution in [-0.4, -0.2) is 18.7 Å². The fourth-order valence-electron chi connectivity index (χ4n) is 1.47. The Labute approximate surface area is 109 Å². The van der Waals surface area contributed by atoms with E-state index in [9.17, 15) is 9.59 Å². The van der Waals surface area contributed by atoms with Gasteiger partial charge in [-0.15, -0.1) is 0 Å². The zero-order valence-corrected chi connectivity index (χ0v) is 11.4. The van der Waals surface area contributed by atoms with E-state index in [1.165, 1.54) is 7.11 Å². The molecule has 3 nitrogen and oxygen atoms in total. The molecule has 0 saturated carbocycles. The number of allylic oxidation sites excluding steroid dienone is 2. The minimum atomic E-state index is -0.222. The van der Waals surface area contributed by atoms with Crippen LogP contribution in [-0.2, 0) is 0 Å². The fourth-order valence-corrected chi connectivity index (χ4v) is 2.26. The molecule has 0 unspecified atom stereocenters. The average Bonchev–Trinajstić information content (AvgIpc) is 2.33. The Morgan fingerprint density at radius 2 is 1.56 bits per heavy atom. The number of rotatable bonds is 1. The number of ether oxygens (including phenoxy) is 1. The summed E-state index contributed by atoms with van der Waals surface area (Å²) in [6.07, 6.45) is 0. The molecule has 16 heavy (non-hydrogen) atoms. The van der Waals surface area contributed by atoms with Crippen LogP contribution in [0.25, 0.3) is 0 Å². The van der Waals surface area contributed by atoms with Gasteiger partial charge in [-0.2, -0.15) is 0 Å². The van der Waals surface area contributed by atoms with Crippen LogP contribution < -0.4 is 4.74 Å². The standard InChI is InChI=1S/C11H6Br2O3/c1-16-5-2-3-6-7(4-5)11(15)9(13)8(12)10(6)14/h2-4H,1H3. The highest BCUT2D eigenvalue weighted by atomic mass is 79.9. The molecule has 1 aromatic rings. The van der Waals surface area contributed by atoms with Crippen molar-refractivity contribution in [1.82, 2.24) is 0 Å². The Morgan fingerprint density at radius 1 is 1.00 bits per heavy atom. The molecule has 0 spiro atoms. The van der Waals surface area contributed by atoms with Gasteiger partial charge in [-0.25, -0.2) is 0 Å². The van der Waals surface area contributed by atoms with Crippen LogP contribution in [0.1, 0.15) is 20.7 Å². The van der Waals surface area contributed by atoms with Gasteiger partial charge in [0, 0.05) is 11.1 Å². The van der Waals surface area contributed by atoms with Gasteiger partial charge in [-0.05, 0) is 50.1 Å². The fraction of sp³-hybridized carbons (Fsp3) is 0.0909. The SMILES string of the molecule is COc1ccc2c(c1)C(=O)C(Br)=C(Br)C2=O. The number of halogens is 2. The maximum Gasteiger partial charge on any atom is 0.202 e. The van der Waals surface area contributed by atoms with E-state index in [0.29, 0.717) is 16.9 Å². The lowest BCUT2D eigenvalue weighted by Crippen LogP contribution is -2.17. The summed E-state index contributed by atoms with van der Waals surface area (Å²) in [4.78, 5) is 23.7. The van der Waals surface area contributed by atoms with Crippen molar-refractivity contribution in [2.45, 2.75) is 0 Å². The predicted molar refractivity (Wildman–Crippen MR) is 66.5 cm³/mol. The molecule has 5 heteroatoms. The predicted octanol–water partition coefficient (Wildman–Crippen LogP) is 3.08. The van der Waals surface area contributed by atoms with E-state index in [1.807, 2.05) is 0 Å². The summed E-state index contributed by atoms with van der Waals surface area (Å²) in [7, 11) is 1.51. The summed E-state index contributed by atoms with van der Waals surface area (Å²) in [5.41, 5.74) is 0.750. The summed E-state index contributed by atoms with van der Waals surface area (Å²) >= 11 is 6.19. The molecular weight excluding hydrogens is 340 g/mol. The molecule has 0 saturated heterocycles. The lowest BCUT2D eigenvalue weighted by atomic mass is 9.94. The van der Waals surface area contributed by atoms with Crippen LogP contribution in [0.15, 0.2) is 27.2 Å². The normalized spacial score (nSPS) is 15.2. The molecule has 82 valence electrons. The number of methoxy groups -OCH3 is 1. The van der Waals surface area contributed by atoms with Gasteiger partial charge in [0.15, 0.2) is 0 Å². The molecule has 0 bridgehead atoms. The van der Waals surface area contributed by atoms with Gasteiger partial charge < -0.3 is 4.74 Å². The molecule has 0 fully saturated rings. The summed E-state index contributed by atoms with van der Waals surface area (Å²) in [6, 6.07) is 4.81. The van der Waals surface area contributed by atoms with Crippen molar-refractivity contribution in [3.05, 3.63) is 38.3 Å². The van der Waals surface area contributed by atoms with Crippen molar-refractivity contribution in [3.8, 4) is 5.75 Å². The first kappa shape index (κ1) is 11.5. The highest BCUT2D eigenvalue weighted by Gasteiger charge is 2.29. The van der Waals surface area contributed by atoms with Gasteiger partial charge >= 0.3 is 0 Å². The van der Waals surface area contributed by atoms with Crippen LogP contribution in [0.2, 0.25) is 0 Å².